The molecule has 1 amide bonds. The van der Waals surface area contributed by atoms with Gasteiger partial charge in [0.15, 0.2) is 0 Å². The monoisotopic (exact) mass is 194 g/mol. The topological polar surface area (TPSA) is 41.1 Å². The highest BCUT2D eigenvalue weighted by molar-refractivity contribution is 5.95. The molecule has 1 heterocycles. The van der Waals surface area contributed by atoms with Gasteiger partial charge in [-0.25, -0.2) is 4.39 Å². The number of hydrogen-bond acceptors (Lipinski definition) is 2. The zero-order valence-corrected chi connectivity index (χ0v) is 7.80. The average Bonchev–Trinajstić information content (AvgIpc) is 2.29. The van der Waals surface area contributed by atoms with Gasteiger partial charge in [0.1, 0.15) is 5.82 Å². The quantitative estimate of drug-likeness (QED) is 0.652. The van der Waals surface area contributed by atoms with Crippen molar-refractivity contribution in [3.8, 4) is 0 Å². The molecule has 0 aliphatic carbocycles. The summed E-state index contributed by atoms with van der Waals surface area (Å²) in [5.74, 6) is -0.371. The Labute approximate surface area is 81.3 Å². The molecule has 3 nitrogen and oxygen atoms in total. The fourth-order valence-electron chi connectivity index (χ4n) is 1.43. The number of fused-ring (bicyclic) bond motifs is 1. The summed E-state index contributed by atoms with van der Waals surface area (Å²) < 4.78 is 12.9. The van der Waals surface area contributed by atoms with Crippen molar-refractivity contribution >= 4 is 11.6 Å². The maximum absolute atomic E-state index is 12.9. The second-order valence-corrected chi connectivity index (χ2v) is 3.39. The van der Waals surface area contributed by atoms with E-state index in [0.717, 1.165) is 5.56 Å². The van der Waals surface area contributed by atoms with Gasteiger partial charge < -0.3 is 10.6 Å². The summed E-state index contributed by atoms with van der Waals surface area (Å²) in [5, 5.41) is 5.73. The molecule has 14 heavy (non-hydrogen) atoms. The number of halogens is 1. The minimum absolute atomic E-state index is 0.0876. The molecule has 2 rings (SSSR count). The number of benzene rings is 1. The molecule has 0 bridgehead atoms. The Kier molecular flexibility index (Phi) is 2.21. The van der Waals surface area contributed by atoms with Crippen LogP contribution >= 0.6 is 0 Å². The van der Waals surface area contributed by atoms with Crippen molar-refractivity contribution in [2.24, 2.45) is 0 Å². The van der Waals surface area contributed by atoms with Crippen LogP contribution in [0.5, 0.6) is 0 Å². The fourth-order valence-corrected chi connectivity index (χ4v) is 1.43. The Balaban J connectivity index is 2.37. The Morgan fingerprint density at radius 2 is 2.29 bits per heavy atom. The van der Waals surface area contributed by atoms with Crippen molar-refractivity contribution in [2.45, 2.75) is 19.5 Å². The number of rotatable bonds is 0. The number of hydrogen-bond donors (Lipinski definition) is 2. The maximum Gasteiger partial charge on any atom is 0.241 e. The molecular weight excluding hydrogens is 183 g/mol. The summed E-state index contributed by atoms with van der Waals surface area (Å²) in [5.41, 5.74) is 1.47. The van der Waals surface area contributed by atoms with E-state index < -0.39 is 0 Å². The highest BCUT2D eigenvalue weighted by Crippen LogP contribution is 2.19. The van der Waals surface area contributed by atoms with Crippen LogP contribution in [0, 0.1) is 5.82 Å². The molecule has 0 saturated carbocycles. The van der Waals surface area contributed by atoms with Gasteiger partial charge in [-0.3, -0.25) is 4.79 Å². The first kappa shape index (κ1) is 9.15. The normalized spacial score (nSPS) is 21.0. The number of amides is 1. The molecule has 2 N–H and O–H groups in total. The third-order valence-electron chi connectivity index (χ3n) is 2.32. The zero-order valence-electron chi connectivity index (χ0n) is 7.80. The van der Waals surface area contributed by atoms with Crippen molar-refractivity contribution in [3.05, 3.63) is 29.6 Å². The van der Waals surface area contributed by atoms with E-state index in [0.29, 0.717) is 12.2 Å². The molecular formula is C10H11FN2O. The zero-order chi connectivity index (χ0) is 10.1. The van der Waals surface area contributed by atoms with E-state index in [1.54, 1.807) is 13.0 Å². The van der Waals surface area contributed by atoms with Gasteiger partial charge in [-0.15, -0.1) is 0 Å². The Hall–Kier alpha value is -1.42. The lowest BCUT2D eigenvalue weighted by atomic mass is 10.2. The first-order valence-corrected chi connectivity index (χ1v) is 4.49. The van der Waals surface area contributed by atoms with Crippen LogP contribution in [-0.4, -0.2) is 11.9 Å². The van der Waals surface area contributed by atoms with Crippen molar-refractivity contribution in [3.63, 3.8) is 0 Å². The van der Waals surface area contributed by atoms with E-state index in [1.807, 2.05) is 0 Å². The lowest BCUT2D eigenvalue weighted by Gasteiger charge is -2.06. The number of anilines is 1. The van der Waals surface area contributed by atoms with E-state index in [4.69, 9.17) is 0 Å². The predicted octanol–water partition coefficient (Wildman–Crippen LogP) is 1.26. The van der Waals surface area contributed by atoms with Crippen LogP contribution in [0.3, 0.4) is 0 Å². The minimum atomic E-state index is -0.283. The van der Waals surface area contributed by atoms with Gasteiger partial charge in [-0.1, -0.05) is 0 Å². The van der Waals surface area contributed by atoms with Crippen molar-refractivity contribution in [1.29, 1.82) is 0 Å². The predicted molar refractivity (Wildman–Crippen MR) is 51.3 cm³/mol. The molecule has 4 heteroatoms. The first-order valence-electron chi connectivity index (χ1n) is 4.49. The minimum Gasteiger partial charge on any atom is -0.324 e. The number of carbonyl (C=O) groups excluding carboxylic acids is 1. The summed E-state index contributed by atoms with van der Waals surface area (Å²) in [7, 11) is 0. The van der Waals surface area contributed by atoms with Crippen molar-refractivity contribution in [2.75, 3.05) is 5.32 Å². The highest BCUT2D eigenvalue weighted by atomic mass is 19.1. The van der Waals surface area contributed by atoms with Gasteiger partial charge >= 0.3 is 0 Å². The van der Waals surface area contributed by atoms with Crippen molar-refractivity contribution in [1.82, 2.24) is 5.32 Å². The largest absolute Gasteiger partial charge is 0.324 e. The SMILES string of the molecule is CC1NCc2cc(F)ccc2NC1=O. The Morgan fingerprint density at radius 3 is 3.07 bits per heavy atom. The number of nitrogens with one attached hydrogen (secondary N) is 2. The molecule has 1 unspecified atom stereocenters. The molecule has 1 atom stereocenters. The van der Waals surface area contributed by atoms with Gasteiger partial charge in [-0.05, 0) is 30.7 Å². The second kappa shape index (κ2) is 3.38. The first-order chi connectivity index (χ1) is 6.66. The Morgan fingerprint density at radius 1 is 1.50 bits per heavy atom. The third kappa shape index (κ3) is 1.61. The molecule has 74 valence electrons. The summed E-state index contributed by atoms with van der Waals surface area (Å²) in [6.45, 7) is 2.28. The third-order valence-corrected chi connectivity index (χ3v) is 2.32. The number of carbonyl (C=O) groups is 1. The fraction of sp³-hybridized carbons (Fsp3) is 0.300. The summed E-state index contributed by atoms with van der Waals surface area (Å²) in [6, 6.07) is 4.11. The maximum atomic E-state index is 12.9. The molecule has 1 aromatic carbocycles. The van der Waals surface area contributed by atoms with E-state index in [2.05, 4.69) is 10.6 Å². The molecule has 1 aliphatic heterocycles. The molecule has 1 aromatic rings. The standard InChI is InChI=1S/C10H11FN2O/c1-6-10(14)13-9-3-2-8(11)4-7(9)5-12-6/h2-4,6,12H,5H2,1H3,(H,13,14). The lowest BCUT2D eigenvalue weighted by molar-refractivity contribution is -0.117. The van der Waals surface area contributed by atoms with Crippen LogP contribution in [0.25, 0.3) is 0 Å². The van der Waals surface area contributed by atoms with Crippen LogP contribution in [0.2, 0.25) is 0 Å². The summed E-state index contributed by atoms with van der Waals surface area (Å²) >= 11 is 0. The Bertz CT molecular complexity index is 378. The van der Waals surface area contributed by atoms with Gasteiger partial charge in [0.25, 0.3) is 0 Å². The highest BCUT2D eigenvalue weighted by Gasteiger charge is 2.18. The van der Waals surface area contributed by atoms with Crippen LogP contribution in [0.4, 0.5) is 10.1 Å². The molecule has 1 aliphatic rings. The molecule has 0 radical (unpaired) electrons. The van der Waals surface area contributed by atoms with Crippen molar-refractivity contribution < 1.29 is 9.18 Å². The van der Waals surface area contributed by atoms with E-state index in [-0.39, 0.29) is 17.8 Å². The summed E-state index contributed by atoms with van der Waals surface area (Å²) in [4.78, 5) is 11.4. The smallest absolute Gasteiger partial charge is 0.241 e. The molecule has 0 saturated heterocycles. The summed E-state index contributed by atoms with van der Waals surface area (Å²) in [6.07, 6.45) is 0. The van der Waals surface area contributed by atoms with Gasteiger partial charge in [0, 0.05) is 12.2 Å². The second-order valence-electron chi connectivity index (χ2n) is 3.39. The molecule has 0 spiro atoms. The molecule has 0 aromatic heterocycles. The van der Waals surface area contributed by atoms with Crippen LogP contribution in [0.15, 0.2) is 18.2 Å². The average molecular weight is 194 g/mol. The molecule has 0 fully saturated rings. The lowest BCUT2D eigenvalue weighted by Crippen LogP contribution is -2.34. The van der Waals surface area contributed by atoms with Crippen LogP contribution in [-0.2, 0) is 11.3 Å². The van der Waals surface area contributed by atoms with Gasteiger partial charge in [0.2, 0.25) is 5.91 Å². The van der Waals surface area contributed by atoms with Crippen LogP contribution < -0.4 is 10.6 Å². The van der Waals surface area contributed by atoms with E-state index in [1.165, 1.54) is 12.1 Å². The van der Waals surface area contributed by atoms with E-state index in [9.17, 15) is 9.18 Å². The van der Waals surface area contributed by atoms with Gasteiger partial charge in [0.05, 0.1) is 6.04 Å². The van der Waals surface area contributed by atoms with E-state index >= 15 is 0 Å². The van der Waals surface area contributed by atoms with Crippen LogP contribution in [0.1, 0.15) is 12.5 Å². The van der Waals surface area contributed by atoms with Gasteiger partial charge in [-0.2, -0.15) is 0 Å².